The van der Waals surface area contributed by atoms with Gasteiger partial charge in [0.05, 0.1) is 16.8 Å². The summed E-state index contributed by atoms with van der Waals surface area (Å²) in [7, 11) is 0. The Labute approximate surface area is 192 Å². The first-order valence-electron chi connectivity index (χ1n) is 9.72. The Morgan fingerprint density at radius 2 is 2.16 bits per heavy atom. The van der Waals surface area contributed by atoms with Crippen molar-refractivity contribution >= 4 is 63.4 Å². The molecular weight excluding hydrogens is 460 g/mol. The van der Waals surface area contributed by atoms with E-state index in [4.69, 9.17) is 16.7 Å². The van der Waals surface area contributed by atoms with Gasteiger partial charge in [0.15, 0.2) is 5.13 Å². The molecule has 0 unspecified atom stereocenters. The van der Waals surface area contributed by atoms with E-state index in [1.165, 1.54) is 23.1 Å². The lowest BCUT2D eigenvalue weighted by Gasteiger charge is -2.25. The minimum Gasteiger partial charge on any atom is -0.481 e. The molecule has 3 heterocycles. The smallest absolute Gasteiger partial charge is 0.328 e. The Hall–Kier alpha value is -2.30. The molecule has 31 heavy (non-hydrogen) atoms. The first kappa shape index (κ1) is 21.9. The number of fused-ring (bicyclic) bond motifs is 2. The summed E-state index contributed by atoms with van der Waals surface area (Å²) in [5, 5.41) is 12.7. The number of hydrogen-bond donors (Lipinski definition) is 2. The molecule has 0 saturated carbocycles. The van der Waals surface area contributed by atoms with Gasteiger partial charge in [-0.1, -0.05) is 22.9 Å². The molecule has 0 bridgehead atoms. The summed E-state index contributed by atoms with van der Waals surface area (Å²) in [5.41, 5.74) is 1.45. The average Bonchev–Trinajstić information content (AvgIpc) is 3.41. The highest BCUT2D eigenvalue weighted by atomic mass is 35.5. The van der Waals surface area contributed by atoms with E-state index in [0.717, 1.165) is 21.9 Å². The zero-order valence-corrected chi connectivity index (χ0v) is 19.1. The highest BCUT2D eigenvalue weighted by Crippen LogP contribution is 2.47. The number of carbonyl (C=O) groups is 3. The molecule has 2 aromatic rings. The van der Waals surface area contributed by atoms with E-state index in [2.05, 4.69) is 10.3 Å². The van der Waals surface area contributed by atoms with Gasteiger partial charge in [-0.2, -0.15) is 0 Å². The zero-order valence-electron chi connectivity index (χ0n) is 16.8. The van der Waals surface area contributed by atoms with Gasteiger partial charge >= 0.3 is 12.0 Å². The van der Waals surface area contributed by atoms with Crippen molar-refractivity contribution in [3.8, 4) is 0 Å². The second kappa shape index (κ2) is 8.68. The fourth-order valence-corrected chi connectivity index (χ4v) is 6.13. The SMILES string of the molecule is CC(=O)N1CC[C@@]2(C1)CN(C(=O)Nc1ncc(SCCC(=O)O)s1)c1ccc(Cl)cc12. The van der Waals surface area contributed by atoms with Crippen molar-refractivity contribution in [1.82, 2.24) is 9.88 Å². The van der Waals surface area contributed by atoms with E-state index in [1.807, 2.05) is 17.0 Å². The van der Waals surface area contributed by atoms with Gasteiger partial charge < -0.3 is 10.0 Å². The quantitative estimate of drug-likeness (QED) is 0.629. The number of carbonyl (C=O) groups excluding carboxylic acids is 2. The van der Waals surface area contributed by atoms with Crippen molar-refractivity contribution in [2.45, 2.75) is 29.4 Å². The molecule has 1 fully saturated rings. The topological polar surface area (TPSA) is 103 Å². The fraction of sp³-hybridized carbons (Fsp3) is 0.400. The van der Waals surface area contributed by atoms with Gasteiger partial charge in [-0.05, 0) is 30.2 Å². The number of thioether (sulfide) groups is 1. The summed E-state index contributed by atoms with van der Waals surface area (Å²) < 4.78 is 0.842. The number of anilines is 2. The minimum atomic E-state index is -0.845. The molecule has 1 atom stereocenters. The third-order valence-corrected chi connectivity index (χ3v) is 7.93. The van der Waals surface area contributed by atoms with Gasteiger partial charge in [0, 0.05) is 48.4 Å². The number of hydrogen-bond acceptors (Lipinski definition) is 6. The maximum atomic E-state index is 13.1. The maximum absolute atomic E-state index is 13.1. The first-order chi connectivity index (χ1) is 14.8. The van der Waals surface area contributed by atoms with Crippen molar-refractivity contribution in [3.63, 3.8) is 0 Å². The van der Waals surface area contributed by atoms with Crippen LogP contribution in [0.2, 0.25) is 5.02 Å². The van der Waals surface area contributed by atoms with Gasteiger partial charge in [-0.15, -0.1) is 11.8 Å². The second-order valence-corrected chi connectivity index (χ2v) is 10.5. The van der Waals surface area contributed by atoms with Crippen LogP contribution in [0, 0.1) is 0 Å². The molecule has 8 nitrogen and oxygen atoms in total. The Bertz CT molecular complexity index is 1050. The summed E-state index contributed by atoms with van der Waals surface area (Å²) in [4.78, 5) is 43.4. The molecule has 3 amide bonds. The normalized spacial score (nSPS) is 19.7. The molecule has 1 aromatic heterocycles. The van der Waals surface area contributed by atoms with Crippen LogP contribution >= 0.6 is 34.7 Å². The van der Waals surface area contributed by atoms with E-state index in [1.54, 1.807) is 24.1 Å². The van der Waals surface area contributed by atoms with Gasteiger partial charge in [0.1, 0.15) is 0 Å². The molecule has 1 spiro atoms. The number of halogens is 1. The molecule has 1 aromatic carbocycles. The van der Waals surface area contributed by atoms with Crippen LogP contribution in [0.1, 0.15) is 25.3 Å². The summed E-state index contributed by atoms with van der Waals surface area (Å²) in [6, 6.07) is 5.21. The predicted octanol–water partition coefficient (Wildman–Crippen LogP) is 3.91. The number of thiazole rings is 1. The lowest BCUT2D eigenvalue weighted by molar-refractivity contribution is -0.136. The highest BCUT2D eigenvalue weighted by molar-refractivity contribution is 8.01. The van der Waals surface area contributed by atoms with Crippen molar-refractivity contribution in [2.75, 3.05) is 35.6 Å². The first-order valence-corrected chi connectivity index (χ1v) is 11.9. The number of likely N-dealkylation sites (tertiary alicyclic amines) is 1. The molecule has 0 aliphatic carbocycles. The van der Waals surface area contributed by atoms with Gasteiger partial charge in [-0.3, -0.25) is 19.8 Å². The number of benzene rings is 1. The molecule has 2 aliphatic rings. The average molecular weight is 481 g/mol. The lowest BCUT2D eigenvalue weighted by atomic mass is 9.81. The molecule has 2 N–H and O–H groups in total. The third kappa shape index (κ3) is 4.51. The summed E-state index contributed by atoms with van der Waals surface area (Å²) in [6.07, 6.45) is 2.47. The number of nitrogens with one attached hydrogen (secondary N) is 1. The number of carboxylic acids is 1. The Kier molecular flexibility index (Phi) is 6.14. The largest absolute Gasteiger partial charge is 0.481 e. The predicted molar refractivity (Wildman–Crippen MR) is 121 cm³/mol. The molecule has 2 aliphatic heterocycles. The van der Waals surface area contributed by atoms with Crippen LogP contribution < -0.4 is 10.2 Å². The molecular formula is C20H21ClN4O4S2. The van der Waals surface area contributed by atoms with E-state index in [9.17, 15) is 14.4 Å². The second-order valence-electron chi connectivity index (χ2n) is 7.63. The summed E-state index contributed by atoms with van der Waals surface area (Å²) in [5.74, 6) is -0.373. The standard InChI is InChI=1S/C20H21ClN4O4S2/c1-12(26)24-6-5-20(10-24)11-25(15-3-2-13(21)8-14(15)20)19(29)23-18-22-9-17(31-18)30-7-4-16(27)28/h2-3,8-9H,4-7,10-11H2,1H3,(H,27,28)(H,22,23,29)/t20-/m1/s1. The number of carboxylic acid groups (broad SMARTS) is 1. The molecule has 0 radical (unpaired) electrons. The van der Waals surface area contributed by atoms with Crippen LogP contribution in [0.25, 0.3) is 0 Å². The van der Waals surface area contributed by atoms with Crippen molar-refractivity contribution in [1.29, 1.82) is 0 Å². The van der Waals surface area contributed by atoms with E-state index in [0.29, 0.717) is 35.5 Å². The van der Waals surface area contributed by atoms with E-state index in [-0.39, 0.29) is 23.8 Å². The Morgan fingerprint density at radius 3 is 2.87 bits per heavy atom. The zero-order chi connectivity index (χ0) is 22.2. The van der Waals surface area contributed by atoms with Crippen molar-refractivity contribution in [2.24, 2.45) is 0 Å². The van der Waals surface area contributed by atoms with Crippen LogP contribution in [-0.2, 0) is 15.0 Å². The van der Waals surface area contributed by atoms with Crippen LogP contribution in [0.3, 0.4) is 0 Å². The van der Waals surface area contributed by atoms with Crippen LogP contribution in [-0.4, -0.2) is 58.3 Å². The molecule has 1 saturated heterocycles. The number of rotatable bonds is 5. The summed E-state index contributed by atoms with van der Waals surface area (Å²) in [6.45, 7) is 3.23. The number of nitrogens with zero attached hydrogens (tertiary/aromatic N) is 3. The Balaban J connectivity index is 1.50. The third-order valence-electron chi connectivity index (χ3n) is 5.58. The number of aromatic nitrogens is 1. The van der Waals surface area contributed by atoms with Gasteiger partial charge in [0.2, 0.25) is 5.91 Å². The number of amides is 3. The molecule has 164 valence electrons. The summed E-state index contributed by atoms with van der Waals surface area (Å²) >= 11 is 8.96. The molecule has 11 heteroatoms. The van der Waals surface area contributed by atoms with E-state index < -0.39 is 5.97 Å². The van der Waals surface area contributed by atoms with Crippen LogP contribution in [0.5, 0.6) is 0 Å². The van der Waals surface area contributed by atoms with Crippen LogP contribution in [0.4, 0.5) is 15.6 Å². The molecule has 4 rings (SSSR count). The minimum absolute atomic E-state index is 0.0269. The maximum Gasteiger partial charge on any atom is 0.328 e. The Morgan fingerprint density at radius 1 is 1.35 bits per heavy atom. The van der Waals surface area contributed by atoms with Gasteiger partial charge in [0.25, 0.3) is 0 Å². The highest BCUT2D eigenvalue weighted by Gasteiger charge is 2.49. The number of aliphatic carboxylic acids is 1. The monoisotopic (exact) mass is 480 g/mol. The fourth-order valence-electron chi connectivity index (χ4n) is 4.09. The van der Waals surface area contributed by atoms with Gasteiger partial charge in [-0.25, -0.2) is 9.78 Å². The number of urea groups is 1. The van der Waals surface area contributed by atoms with Crippen molar-refractivity contribution in [3.05, 3.63) is 35.0 Å². The van der Waals surface area contributed by atoms with E-state index >= 15 is 0 Å². The lowest BCUT2D eigenvalue weighted by Crippen LogP contribution is -2.41. The van der Waals surface area contributed by atoms with Crippen molar-refractivity contribution < 1.29 is 19.5 Å². The van der Waals surface area contributed by atoms with Crippen LogP contribution in [0.15, 0.2) is 28.6 Å².